The van der Waals surface area contributed by atoms with Crippen molar-refractivity contribution in [2.24, 2.45) is 5.73 Å². The highest BCUT2D eigenvalue weighted by Crippen LogP contribution is 2.30. The molecule has 3 rings (SSSR count). The van der Waals surface area contributed by atoms with Crippen LogP contribution in [0, 0.1) is 6.92 Å². The van der Waals surface area contributed by atoms with Gasteiger partial charge in [0.1, 0.15) is 5.82 Å². The van der Waals surface area contributed by atoms with Crippen LogP contribution in [0.2, 0.25) is 0 Å². The number of aromatic amines is 1. The van der Waals surface area contributed by atoms with Gasteiger partial charge in [-0.15, -0.1) is 0 Å². The predicted octanol–water partition coefficient (Wildman–Crippen LogP) is 2.64. The second-order valence-corrected chi connectivity index (χ2v) is 5.35. The number of hydrogen-bond acceptors (Lipinski definition) is 3. The molecule has 1 aliphatic carbocycles. The van der Waals surface area contributed by atoms with Crippen molar-refractivity contribution in [1.82, 2.24) is 15.0 Å². The molecule has 0 radical (unpaired) electrons. The molecule has 18 heavy (non-hydrogen) atoms. The number of nitrogens with zero attached hydrogens (tertiary/aromatic N) is 2. The summed E-state index contributed by atoms with van der Waals surface area (Å²) in [7, 11) is 0. The standard InChI is InChI=1S/C14H20N4/c1-9-7-8-12-14(16-9)18-13(17-12)10-5-3-2-4-6-11(10)15/h7-8,10-11H,2-6,15H2,1H3,(H,16,17,18). The van der Waals surface area contributed by atoms with Gasteiger partial charge in [0.15, 0.2) is 5.65 Å². The van der Waals surface area contributed by atoms with Crippen molar-refractivity contribution in [3.05, 3.63) is 23.7 Å². The lowest BCUT2D eigenvalue weighted by Gasteiger charge is -2.18. The van der Waals surface area contributed by atoms with Gasteiger partial charge in [-0.25, -0.2) is 9.97 Å². The molecule has 0 spiro atoms. The van der Waals surface area contributed by atoms with E-state index in [1.807, 2.05) is 13.0 Å². The Morgan fingerprint density at radius 3 is 2.89 bits per heavy atom. The number of pyridine rings is 1. The second-order valence-electron chi connectivity index (χ2n) is 5.35. The van der Waals surface area contributed by atoms with E-state index in [1.165, 1.54) is 19.3 Å². The van der Waals surface area contributed by atoms with Crippen molar-refractivity contribution in [1.29, 1.82) is 0 Å². The van der Waals surface area contributed by atoms with Crippen molar-refractivity contribution >= 4 is 11.2 Å². The van der Waals surface area contributed by atoms with Crippen LogP contribution in [0.4, 0.5) is 0 Å². The maximum Gasteiger partial charge on any atom is 0.177 e. The average molecular weight is 244 g/mol. The minimum atomic E-state index is 0.231. The molecule has 96 valence electrons. The summed E-state index contributed by atoms with van der Waals surface area (Å²) < 4.78 is 0. The summed E-state index contributed by atoms with van der Waals surface area (Å²) in [5, 5.41) is 0. The number of aryl methyl sites for hydroxylation is 1. The molecule has 0 bridgehead atoms. The molecule has 0 aromatic carbocycles. The first kappa shape index (κ1) is 11.7. The lowest BCUT2D eigenvalue weighted by molar-refractivity contribution is 0.488. The van der Waals surface area contributed by atoms with E-state index in [2.05, 4.69) is 21.0 Å². The summed E-state index contributed by atoms with van der Waals surface area (Å²) in [6, 6.07) is 4.29. The van der Waals surface area contributed by atoms with Gasteiger partial charge in [-0.3, -0.25) is 0 Å². The minimum absolute atomic E-state index is 0.231. The summed E-state index contributed by atoms with van der Waals surface area (Å²) in [6.45, 7) is 1.99. The fourth-order valence-electron chi connectivity index (χ4n) is 2.86. The molecule has 1 fully saturated rings. The number of fused-ring (bicyclic) bond motifs is 1. The lowest BCUT2D eigenvalue weighted by atomic mass is 9.95. The molecule has 1 aliphatic rings. The summed E-state index contributed by atoms with van der Waals surface area (Å²) >= 11 is 0. The van der Waals surface area contributed by atoms with E-state index in [0.29, 0.717) is 5.92 Å². The highest BCUT2D eigenvalue weighted by molar-refractivity contribution is 5.70. The van der Waals surface area contributed by atoms with Gasteiger partial charge in [0.2, 0.25) is 0 Å². The van der Waals surface area contributed by atoms with E-state index in [0.717, 1.165) is 35.5 Å². The Kier molecular flexibility index (Phi) is 3.04. The van der Waals surface area contributed by atoms with E-state index < -0.39 is 0 Å². The molecule has 2 atom stereocenters. The summed E-state index contributed by atoms with van der Waals surface area (Å²) in [4.78, 5) is 12.5. The maximum absolute atomic E-state index is 6.28. The lowest BCUT2D eigenvalue weighted by Crippen LogP contribution is -2.28. The largest absolute Gasteiger partial charge is 0.340 e. The SMILES string of the molecule is Cc1ccc2[nH]c(C3CCCCCC3N)nc2n1. The number of imidazole rings is 1. The van der Waals surface area contributed by atoms with Crippen LogP contribution in [0.1, 0.15) is 49.5 Å². The van der Waals surface area contributed by atoms with E-state index in [-0.39, 0.29) is 6.04 Å². The molecule has 0 amide bonds. The van der Waals surface area contributed by atoms with Gasteiger partial charge in [0, 0.05) is 17.7 Å². The van der Waals surface area contributed by atoms with Crippen LogP contribution in [-0.4, -0.2) is 21.0 Å². The molecule has 2 aromatic heterocycles. The molecule has 4 heteroatoms. The minimum Gasteiger partial charge on any atom is -0.340 e. The van der Waals surface area contributed by atoms with Crippen LogP contribution in [0.3, 0.4) is 0 Å². The van der Waals surface area contributed by atoms with Crippen LogP contribution in [-0.2, 0) is 0 Å². The van der Waals surface area contributed by atoms with Crippen molar-refractivity contribution in [2.45, 2.75) is 51.0 Å². The Balaban J connectivity index is 1.97. The second kappa shape index (κ2) is 4.69. The quantitative estimate of drug-likeness (QED) is 0.758. The first-order chi connectivity index (χ1) is 8.74. The van der Waals surface area contributed by atoms with E-state index >= 15 is 0 Å². The summed E-state index contributed by atoms with van der Waals surface area (Å²) in [5.74, 6) is 1.39. The Bertz CT molecular complexity index is 546. The van der Waals surface area contributed by atoms with E-state index in [4.69, 9.17) is 5.73 Å². The van der Waals surface area contributed by atoms with E-state index in [1.54, 1.807) is 0 Å². The molecule has 2 aromatic rings. The number of nitrogens with one attached hydrogen (secondary N) is 1. The van der Waals surface area contributed by atoms with Crippen LogP contribution < -0.4 is 5.73 Å². The Labute approximate surface area is 107 Å². The topological polar surface area (TPSA) is 67.6 Å². The van der Waals surface area contributed by atoms with Crippen molar-refractivity contribution in [2.75, 3.05) is 0 Å². The van der Waals surface area contributed by atoms with Gasteiger partial charge < -0.3 is 10.7 Å². The molecule has 1 saturated carbocycles. The van der Waals surface area contributed by atoms with Crippen molar-refractivity contribution in [3.8, 4) is 0 Å². The predicted molar refractivity (Wildman–Crippen MR) is 72.4 cm³/mol. The van der Waals surface area contributed by atoms with Crippen molar-refractivity contribution < 1.29 is 0 Å². The molecule has 0 saturated heterocycles. The molecule has 4 nitrogen and oxygen atoms in total. The molecule has 0 aliphatic heterocycles. The fraction of sp³-hybridized carbons (Fsp3) is 0.571. The Morgan fingerprint density at radius 1 is 1.17 bits per heavy atom. The highest BCUT2D eigenvalue weighted by atomic mass is 15.0. The van der Waals surface area contributed by atoms with Gasteiger partial charge in [0.25, 0.3) is 0 Å². The third kappa shape index (κ3) is 2.12. The number of nitrogens with two attached hydrogens (primary N) is 1. The average Bonchev–Trinajstić information content (AvgIpc) is 2.63. The molecular weight excluding hydrogens is 224 g/mol. The monoisotopic (exact) mass is 244 g/mol. The number of aromatic nitrogens is 3. The number of hydrogen-bond donors (Lipinski definition) is 2. The highest BCUT2D eigenvalue weighted by Gasteiger charge is 2.24. The van der Waals surface area contributed by atoms with E-state index in [9.17, 15) is 0 Å². The molecular formula is C14H20N4. The summed E-state index contributed by atoms with van der Waals surface area (Å²) in [6.07, 6.45) is 6.03. The van der Waals surface area contributed by atoms with Gasteiger partial charge in [-0.05, 0) is 31.9 Å². The first-order valence-corrected chi connectivity index (χ1v) is 6.83. The molecule has 3 N–H and O–H groups in total. The zero-order valence-electron chi connectivity index (χ0n) is 10.8. The van der Waals surface area contributed by atoms with Gasteiger partial charge in [-0.1, -0.05) is 19.3 Å². The van der Waals surface area contributed by atoms with Gasteiger partial charge in [0.05, 0.1) is 5.52 Å². The smallest absolute Gasteiger partial charge is 0.177 e. The third-order valence-corrected chi connectivity index (χ3v) is 3.92. The number of rotatable bonds is 1. The molecule has 2 heterocycles. The summed E-state index contributed by atoms with van der Waals surface area (Å²) in [5.41, 5.74) is 9.13. The normalized spacial score (nSPS) is 25.2. The van der Waals surface area contributed by atoms with Gasteiger partial charge in [-0.2, -0.15) is 0 Å². The van der Waals surface area contributed by atoms with Gasteiger partial charge >= 0.3 is 0 Å². The molecule has 2 unspecified atom stereocenters. The maximum atomic E-state index is 6.28. The van der Waals surface area contributed by atoms with Crippen LogP contribution in [0.15, 0.2) is 12.1 Å². The fourth-order valence-corrected chi connectivity index (χ4v) is 2.86. The first-order valence-electron chi connectivity index (χ1n) is 6.83. The zero-order chi connectivity index (χ0) is 12.5. The van der Waals surface area contributed by atoms with Crippen LogP contribution in [0.5, 0.6) is 0 Å². The third-order valence-electron chi connectivity index (χ3n) is 3.92. The van der Waals surface area contributed by atoms with Crippen molar-refractivity contribution in [3.63, 3.8) is 0 Å². The van der Waals surface area contributed by atoms with Crippen LogP contribution in [0.25, 0.3) is 11.2 Å². The Hall–Kier alpha value is -1.42. The zero-order valence-corrected chi connectivity index (χ0v) is 10.8. The number of H-pyrrole nitrogens is 1. The Morgan fingerprint density at radius 2 is 2.00 bits per heavy atom. The van der Waals surface area contributed by atoms with Crippen LogP contribution >= 0.6 is 0 Å².